The van der Waals surface area contributed by atoms with Gasteiger partial charge >= 0.3 is 0 Å². The average Bonchev–Trinajstić information content (AvgIpc) is 3.13. The molecule has 2 aromatic carbocycles. The van der Waals surface area contributed by atoms with E-state index < -0.39 is 5.91 Å². The van der Waals surface area contributed by atoms with E-state index >= 15 is 0 Å². The molecule has 0 unspecified atom stereocenters. The smallest absolute Gasteiger partial charge is 0.267 e. The van der Waals surface area contributed by atoms with Crippen LogP contribution < -0.4 is 10.8 Å². The Hall–Kier alpha value is -2.96. The second-order valence-corrected chi connectivity index (χ2v) is 6.69. The van der Waals surface area contributed by atoms with E-state index in [9.17, 15) is 9.18 Å². The highest BCUT2D eigenvalue weighted by Crippen LogP contribution is 2.19. The number of hydrogen-bond donors (Lipinski definition) is 4. The minimum absolute atomic E-state index is 0.225. The summed E-state index contributed by atoms with van der Waals surface area (Å²) in [6, 6.07) is 12.5. The van der Waals surface area contributed by atoms with Crippen molar-refractivity contribution in [3.05, 3.63) is 77.2 Å². The summed E-state index contributed by atoms with van der Waals surface area (Å²) in [6.07, 6.45) is 6.87. The lowest BCUT2D eigenvalue weighted by molar-refractivity contribution is -0.124. The zero-order chi connectivity index (χ0) is 21.1. The van der Waals surface area contributed by atoms with Crippen molar-refractivity contribution in [2.75, 3.05) is 6.54 Å². The van der Waals surface area contributed by atoms with Crippen molar-refractivity contribution in [1.29, 1.82) is 0 Å². The number of rotatable bonds is 7. The normalized spacial score (nSPS) is 10.8. The Morgan fingerprint density at radius 3 is 2.59 bits per heavy atom. The van der Waals surface area contributed by atoms with E-state index in [0.717, 1.165) is 47.1 Å². The van der Waals surface area contributed by atoms with Gasteiger partial charge in [-0.1, -0.05) is 44.5 Å². The lowest BCUT2D eigenvalue weighted by Crippen LogP contribution is -2.16. The largest absolute Gasteiger partial charge is 0.361 e. The van der Waals surface area contributed by atoms with Crippen LogP contribution in [0, 0.1) is 5.82 Å². The minimum atomic E-state index is -0.562. The first-order chi connectivity index (χ1) is 14.1. The van der Waals surface area contributed by atoms with E-state index in [1.54, 1.807) is 23.7 Å². The molecule has 0 aliphatic rings. The molecule has 0 saturated carbocycles. The molecule has 3 rings (SSSR count). The first kappa shape index (κ1) is 22.3. The van der Waals surface area contributed by atoms with E-state index in [1.165, 1.54) is 18.6 Å². The predicted octanol–water partition coefficient (Wildman–Crippen LogP) is 4.57. The molecule has 0 aliphatic heterocycles. The second kappa shape index (κ2) is 11.8. The first-order valence-electron chi connectivity index (χ1n) is 9.74. The Balaban J connectivity index is 0.000000941. The van der Waals surface area contributed by atoms with Gasteiger partial charge in [0.05, 0.1) is 0 Å². The molecule has 0 spiro atoms. The Morgan fingerprint density at radius 1 is 1.17 bits per heavy atom. The maximum Gasteiger partial charge on any atom is 0.267 e. The van der Waals surface area contributed by atoms with Crippen LogP contribution in [0.4, 0.5) is 4.39 Å². The maximum absolute atomic E-state index is 13.4. The van der Waals surface area contributed by atoms with Crippen molar-refractivity contribution in [1.82, 2.24) is 15.8 Å². The van der Waals surface area contributed by atoms with E-state index in [2.05, 4.69) is 24.1 Å². The number of amides is 1. The molecule has 0 aliphatic carbocycles. The summed E-state index contributed by atoms with van der Waals surface area (Å²) in [7, 11) is 0. The van der Waals surface area contributed by atoms with Crippen molar-refractivity contribution in [2.45, 2.75) is 33.2 Å². The number of H-pyrrole nitrogens is 1. The van der Waals surface area contributed by atoms with Gasteiger partial charge in [-0.05, 0) is 53.9 Å². The van der Waals surface area contributed by atoms with Crippen LogP contribution in [0.1, 0.15) is 37.0 Å². The fourth-order valence-electron chi connectivity index (χ4n) is 2.77. The van der Waals surface area contributed by atoms with Crippen LogP contribution in [0.2, 0.25) is 0 Å². The maximum atomic E-state index is 13.4. The Labute approximate surface area is 170 Å². The number of benzene rings is 2. The van der Waals surface area contributed by atoms with Crippen molar-refractivity contribution in [3.8, 4) is 0 Å². The molecule has 0 atom stereocenters. The number of aromatic amines is 1. The molecule has 0 saturated heterocycles. The highest BCUT2D eigenvalue weighted by molar-refractivity contribution is 5.90. The molecule has 5 nitrogen and oxygen atoms in total. The zero-order valence-corrected chi connectivity index (χ0v) is 16.8. The van der Waals surface area contributed by atoms with Crippen molar-refractivity contribution >= 4 is 22.9 Å². The SMILES string of the molecule is CCC.O=C(/C=C/c1ccc(CNCCc2c[nH]c3ccc(F)cc23)cc1)NO. The van der Waals surface area contributed by atoms with Gasteiger partial charge in [-0.2, -0.15) is 0 Å². The number of carbonyl (C=O) groups excluding carboxylic acids is 1. The number of halogens is 1. The number of nitrogens with one attached hydrogen (secondary N) is 3. The van der Waals surface area contributed by atoms with Gasteiger partial charge in [-0.3, -0.25) is 10.0 Å². The van der Waals surface area contributed by atoms with E-state index in [0.29, 0.717) is 0 Å². The fourth-order valence-corrected chi connectivity index (χ4v) is 2.77. The summed E-state index contributed by atoms with van der Waals surface area (Å²) in [5, 5.41) is 12.7. The van der Waals surface area contributed by atoms with Gasteiger partial charge in [0.1, 0.15) is 5.82 Å². The summed E-state index contributed by atoms with van der Waals surface area (Å²) in [5.41, 5.74) is 5.58. The van der Waals surface area contributed by atoms with Crippen LogP contribution in [-0.2, 0) is 17.8 Å². The molecule has 3 aromatic rings. The second-order valence-electron chi connectivity index (χ2n) is 6.69. The summed E-state index contributed by atoms with van der Waals surface area (Å²) in [6.45, 7) is 5.75. The Kier molecular flexibility index (Phi) is 9.08. The molecular weight excluding hydrogens is 369 g/mol. The molecule has 4 N–H and O–H groups in total. The number of fused-ring (bicyclic) bond motifs is 1. The van der Waals surface area contributed by atoms with Gasteiger partial charge in [0.2, 0.25) is 0 Å². The Bertz CT molecular complexity index is 933. The number of aromatic nitrogens is 1. The summed E-state index contributed by atoms with van der Waals surface area (Å²) in [4.78, 5) is 14.1. The lowest BCUT2D eigenvalue weighted by atomic mass is 10.1. The Morgan fingerprint density at radius 2 is 1.90 bits per heavy atom. The minimum Gasteiger partial charge on any atom is -0.361 e. The third kappa shape index (κ3) is 7.18. The van der Waals surface area contributed by atoms with Crippen LogP contribution in [0.5, 0.6) is 0 Å². The number of hydrogen-bond acceptors (Lipinski definition) is 3. The zero-order valence-electron chi connectivity index (χ0n) is 16.8. The van der Waals surface area contributed by atoms with Crippen LogP contribution in [-0.4, -0.2) is 22.6 Å². The first-order valence-corrected chi connectivity index (χ1v) is 9.74. The van der Waals surface area contributed by atoms with Gasteiger partial charge in [0.15, 0.2) is 0 Å². The number of carbonyl (C=O) groups is 1. The highest BCUT2D eigenvalue weighted by atomic mass is 19.1. The lowest BCUT2D eigenvalue weighted by Gasteiger charge is -2.05. The van der Waals surface area contributed by atoms with Crippen LogP contribution >= 0.6 is 0 Å². The molecule has 6 heteroatoms. The van der Waals surface area contributed by atoms with Gasteiger partial charge in [0, 0.05) is 29.7 Å². The average molecular weight is 397 g/mol. The van der Waals surface area contributed by atoms with Gasteiger partial charge in [0.25, 0.3) is 5.91 Å². The monoisotopic (exact) mass is 397 g/mol. The molecule has 0 radical (unpaired) electrons. The van der Waals surface area contributed by atoms with Gasteiger partial charge in [-0.15, -0.1) is 0 Å². The van der Waals surface area contributed by atoms with E-state index in [1.807, 2.05) is 30.5 Å². The standard InChI is InChI=1S/C20H20FN3O2.C3H8/c21-17-6-7-19-18(11-17)16(13-23-19)9-10-22-12-15-3-1-14(2-4-15)5-8-20(25)24-26;1-3-2/h1-8,11,13,22-23,26H,9-10,12H2,(H,24,25);3H2,1-2H3/b8-5+;. The summed E-state index contributed by atoms with van der Waals surface area (Å²) in [5.74, 6) is -0.787. The van der Waals surface area contributed by atoms with Gasteiger partial charge < -0.3 is 10.3 Å². The molecule has 1 amide bonds. The van der Waals surface area contributed by atoms with Crippen molar-refractivity contribution in [3.63, 3.8) is 0 Å². The van der Waals surface area contributed by atoms with Crippen LogP contribution in [0.25, 0.3) is 17.0 Å². The molecule has 0 fully saturated rings. The van der Waals surface area contributed by atoms with E-state index in [4.69, 9.17) is 5.21 Å². The topological polar surface area (TPSA) is 77.2 Å². The fraction of sp³-hybridized carbons (Fsp3) is 0.261. The molecule has 0 bridgehead atoms. The summed E-state index contributed by atoms with van der Waals surface area (Å²) >= 11 is 0. The molecule has 154 valence electrons. The highest BCUT2D eigenvalue weighted by Gasteiger charge is 2.04. The molecule has 29 heavy (non-hydrogen) atoms. The summed E-state index contributed by atoms with van der Waals surface area (Å²) < 4.78 is 13.4. The van der Waals surface area contributed by atoms with Crippen LogP contribution in [0.3, 0.4) is 0 Å². The predicted molar refractivity (Wildman–Crippen MR) is 115 cm³/mol. The van der Waals surface area contributed by atoms with Crippen LogP contribution in [0.15, 0.2) is 54.7 Å². The third-order valence-electron chi connectivity index (χ3n) is 4.15. The quantitative estimate of drug-likeness (QED) is 0.204. The van der Waals surface area contributed by atoms with Crippen molar-refractivity contribution in [2.24, 2.45) is 0 Å². The molecule has 1 aromatic heterocycles. The number of hydroxylamine groups is 1. The third-order valence-corrected chi connectivity index (χ3v) is 4.15. The molecule has 1 heterocycles. The van der Waals surface area contributed by atoms with E-state index in [-0.39, 0.29) is 5.82 Å². The molecular formula is C23H28FN3O2. The van der Waals surface area contributed by atoms with Gasteiger partial charge in [-0.25, -0.2) is 9.87 Å². The van der Waals surface area contributed by atoms with Crippen molar-refractivity contribution < 1.29 is 14.4 Å².